The summed E-state index contributed by atoms with van der Waals surface area (Å²) in [6.45, 7) is 3.72. The summed E-state index contributed by atoms with van der Waals surface area (Å²) < 4.78 is 7.81. The zero-order valence-electron chi connectivity index (χ0n) is 19.6. The standard InChI is InChI=1S/C27H30N4O3/c1-17-24-22(34-26(17)27(33)30-13-4-5-14-30)12-11-19-15-31(29-25(19)24)16-23(32)28-21-10-6-8-18-7-2-3-9-20(18)21/h2-3,7,9,15,21H,4-6,8,10-14,16H2,1H3,(H,28,32)/t21-/m0/s1. The van der Waals surface area contributed by atoms with E-state index in [1.54, 1.807) is 4.68 Å². The molecule has 1 saturated heterocycles. The Kier molecular flexibility index (Phi) is 5.27. The highest BCUT2D eigenvalue weighted by atomic mass is 16.4. The summed E-state index contributed by atoms with van der Waals surface area (Å²) in [5.74, 6) is 1.23. The Labute approximate surface area is 199 Å². The fourth-order valence-electron chi connectivity index (χ4n) is 5.80. The summed E-state index contributed by atoms with van der Waals surface area (Å²) in [6.07, 6.45) is 8.73. The lowest BCUT2D eigenvalue weighted by Gasteiger charge is -2.26. The largest absolute Gasteiger partial charge is 0.455 e. The van der Waals surface area contributed by atoms with Crippen LogP contribution in [0, 0.1) is 6.92 Å². The number of aryl methyl sites for hydroxylation is 3. The number of rotatable bonds is 4. The Morgan fingerprint density at radius 3 is 2.76 bits per heavy atom. The van der Waals surface area contributed by atoms with E-state index in [1.807, 2.05) is 24.1 Å². The molecule has 0 radical (unpaired) electrons. The average Bonchev–Trinajstić information content (AvgIpc) is 3.57. The number of nitrogens with one attached hydrogen (secondary N) is 1. The minimum atomic E-state index is -0.0319. The van der Waals surface area contributed by atoms with E-state index in [-0.39, 0.29) is 24.4 Å². The van der Waals surface area contributed by atoms with Gasteiger partial charge in [0.25, 0.3) is 5.91 Å². The van der Waals surface area contributed by atoms with Crippen LogP contribution >= 0.6 is 0 Å². The number of hydrogen-bond acceptors (Lipinski definition) is 4. The van der Waals surface area contributed by atoms with Gasteiger partial charge < -0.3 is 14.6 Å². The van der Waals surface area contributed by atoms with Crippen LogP contribution in [0.5, 0.6) is 0 Å². The van der Waals surface area contributed by atoms with Crippen molar-refractivity contribution in [3.05, 3.63) is 64.2 Å². The molecule has 1 N–H and O–H groups in total. The maximum atomic E-state index is 13.0. The van der Waals surface area contributed by atoms with E-state index < -0.39 is 0 Å². The van der Waals surface area contributed by atoms with Gasteiger partial charge in [0, 0.05) is 36.8 Å². The molecule has 3 heterocycles. The minimum Gasteiger partial charge on any atom is -0.455 e. The number of amides is 2. The maximum Gasteiger partial charge on any atom is 0.289 e. The Balaban J connectivity index is 1.21. The molecule has 1 aromatic carbocycles. The Morgan fingerprint density at radius 2 is 1.91 bits per heavy atom. The van der Waals surface area contributed by atoms with Crippen molar-refractivity contribution in [3.63, 3.8) is 0 Å². The Hall–Kier alpha value is -3.35. The van der Waals surface area contributed by atoms with Gasteiger partial charge in [-0.2, -0.15) is 5.10 Å². The van der Waals surface area contributed by atoms with Gasteiger partial charge in [0.15, 0.2) is 5.76 Å². The molecule has 2 aromatic heterocycles. The van der Waals surface area contributed by atoms with E-state index in [9.17, 15) is 9.59 Å². The zero-order valence-corrected chi connectivity index (χ0v) is 19.6. The molecule has 7 nitrogen and oxygen atoms in total. The topological polar surface area (TPSA) is 80.4 Å². The predicted molar refractivity (Wildman–Crippen MR) is 127 cm³/mol. The molecule has 0 spiro atoms. The molecule has 7 heteroatoms. The number of fused-ring (bicyclic) bond motifs is 4. The molecule has 34 heavy (non-hydrogen) atoms. The molecule has 0 saturated carbocycles. The molecule has 3 aromatic rings. The van der Waals surface area contributed by atoms with Crippen molar-refractivity contribution in [2.45, 2.75) is 64.5 Å². The highest BCUT2D eigenvalue weighted by Crippen LogP contribution is 2.39. The lowest BCUT2D eigenvalue weighted by atomic mass is 9.88. The van der Waals surface area contributed by atoms with Gasteiger partial charge in [0.1, 0.15) is 12.3 Å². The van der Waals surface area contributed by atoms with Crippen LogP contribution in [0.3, 0.4) is 0 Å². The second-order valence-corrected chi connectivity index (χ2v) is 9.77. The average molecular weight is 459 g/mol. The number of benzene rings is 1. The van der Waals surface area contributed by atoms with Crippen molar-refractivity contribution in [1.29, 1.82) is 0 Å². The lowest BCUT2D eigenvalue weighted by Crippen LogP contribution is -2.33. The Bertz CT molecular complexity index is 1260. The van der Waals surface area contributed by atoms with Gasteiger partial charge in [-0.05, 0) is 62.1 Å². The van der Waals surface area contributed by atoms with Gasteiger partial charge in [0.2, 0.25) is 5.91 Å². The summed E-state index contributed by atoms with van der Waals surface area (Å²) in [4.78, 5) is 27.8. The van der Waals surface area contributed by atoms with Gasteiger partial charge >= 0.3 is 0 Å². The third-order valence-corrected chi connectivity index (χ3v) is 7.51. The molecule has 1 aliphatic heterocycles. The van der Waals surface area contributed by atoms with Crippen molar-refractivity contribution in [3.8, 4) is 11.3 Å². The van der Waals surface area contributed by atoms with Crippen LogP contribution in [0.2, 0.25) is 0 Å². The molecule has 2 aliphatic carbocycles. The molecule has 3 aliphatic rings. The number of furan rings is 1. The van der Waals surface area contributed by atoms with Crippen LogP contribution in [-0.4, -0.2) is 39.6 Å². The van der Waals surface area contributed by atoms with Crippen LogP contribution in [0.25, 0.3) is 11.3 Å². The lowest BCUT2D eigenvalue weighted by molar-refractivity contribution is -0.122. The maximum absolute atomic E-state index is 13.0. The number of carbonyl (C=O) groups is 2. The number of hydrogen-bond donors (Lipinski definition) is 1. The first-order valence-corrected chi connectivity index (χ1v) is 12.4. The molecule has 0 unspecified atom stereocenters. The van der Waals surface area contributed by atoms with E-state index in [1.165, 1.54) is 11.1 Å². The summed E-state index contributed by atoms with van der Waals surface area (Å²) in [7, 11) is 0. The summed E-state index contributed by atoms with van der Waals surface area (Å²) in [6, 6.07) is 8.44. The first-order valence-electron chi connectivity index (χ1n) is 12.4. The van der Waals surface area contributed by atoms with Gasteiger partial charge in [-0.25, -0.2) is 0 Å². The first kappa shape index (κ1) is 21.2. The first-order chi connectivity index (χ1) is 16.6. The molecular weight excluding hydrogens is 428 g/mol. The quantitative estimate of drug-likeness (QED) is 0.641. The second kappa shape index (κ2) is 8.46. The number of aromatic nitrogens is 2. The predicted octanol–water partition coefficient (Wildman–Crippen LogP) is 3.98. The zero-order chi connectivity index (χ0) is 23.2. The molecule has 2 amide bonds. The normalized spacial score (nSPS) is 18.9. The minimum absolute atomic E-state index is 0.0162. The van der Waals surface area contributed by atoms with Gasteiger partial charge in [0.05, 0.1) is 11.7 Å². The summed E-state index contributed by atoms with van der Waals surface area (Å²) in [5.41, 5.74) is 6.31. The molecule has 0 bridgehead atoms. The number of carbonyl (C=O) groups excluding carboxylic acids is 2. The molecular formula is C27H30N4O3. The van der Waals surface area contributed by atoms with E-state index in [4.69, 9.17) is 9.52 Å². The SMILES string of the molecule is Cc1c(C(=O)N2CCCC2)oc2c1-c1nn(CC(=O)N[C@H]3CCCc4ccccc43)cc1CC2. The summed E-state index contributed by atoms with van der Waals surface area (Å²) >= 11 is 0. The third-order valence-electron chi connectivity index (χ3n) is 7.51. The van der Waals surface area contributed by atoms with Crippen molar-refractivity contribution < 1.29 is 14.0 Å². The molecule has 1 fully saturated rings. The van der Waals surface area contributed by atoms with Crippen LogP contribution in [0.4, 0.5) is 0 Å². The van der Waals surface area contributed by atoms with Gasteiger partial charge in [-0.3, -0.25) is 14.3 Å². The van der Waals surface area contributed by atoms with Crippen LogP contribution in [0.1, 0.15) is 70.3 Å². The van der Waals surface area contributed by atoms with Crippen molar-refractivity contribution in [2.24, 2.45) is 0 Å². The van der Waals surface area contributed by atoms with Crippen molar-refractivity contribution >= 4 is 11.8 Å². The fourth-order valence-corrected chi connectivity index (χ4v) is 5.80. The fraction of sp³-hybridized carbons (Fsp3) is 0.444. The Morgan fingerprint density at radius 1 is 1.09 bits per heavy atom. The highest BCUT2D eigenvalue weighted by molar-refractivity contribution is 5.95. The molecule has 6 rings (SSSR count). The van der Waals surface area contributed by atoms with Crippen LogP contribution in [0.15, 0.2) is 34.9 Å². The smallest absolute Gasteiger partial charge is 0.289 e. The van der Waals surface area contributed by atoms with E-state index >= 15 is 0 Å². The summed E-state index contributed by atoms with van der Waals surface area (Å²) in [5, 5.41) is 7.99. The van der Waals surface area contributed by atoms with E-state index in [0.29, 0.717) is 5.76 Å². The second-order valence-electron chi connectivity index (χ2n) is 9.77. The van der Waals surface area contributed by atoms with Crippen molar-refractivity contribution in [2.75, 3.05) is 13.1 Å². The number of likely N-dealkylation sites (tertiary alicyclic amines) is 1. The number of nitrogens with zero attached hydrogens (tertiary/aromatic N) is 3. The van der Waals surface area contributed by atoms with Gasteiger partial charge in [-0.15, -0.1) is 0 Å². The third kappa shape index (κ3) is 3.63. The van der Waals surface area contributed by atoms with E-state index in [0.717, 1.165) is 86.2 Å². The van der Waals surface area contributed by atoms with Crippen LogP contribution < -0.4 is 5.32 Å². The monoisotopic (exact) mass is 458 g/mol. The van der Waals surface area contributed by atoms with Crippen LogP contribution in [-0.2, 0) is 30.6 Å². The molecule has 176 valence electrons. The molecule has 1 atom stereocenters. The van der Waals surface area contributed by atoms with Gasteiger partial charge in [-0.1, -0.05) is 24.3 Å². The highest BCUT2D eigenvalue weighted by Gasteiger charge is 2.32. The van der Waals surface area contributed by atoms with E-state index in [2.05, 4.69) is 23.5 Å². The van der Waals surface area contributed by atoms with Crippen molar-refractivity contribution in [1.82, 2.24) is 20.0 Å².